The van der Waals surface area contributed by atoms with Gasteiger partial charge in [-0.2, -0.15) is 0 Å². The minimum absolute atomic E-state index is 0.0888. The van der Waals surface area contributed by atoms with Crippen LogP contribution in [0.15, 0.2) is 54.6 Å². The van der Waals surface area contributed by atoms with Crippen molar-refractivity contribution in [3.63, 3.8) is 0 Å². The molecule has 0 aromatic heterocycles. The average Bonchev–Trinajstić information content (AvgIpc) is 2.68. The Bertz CT molecular complexity index is 694. The molecule has 0 unspecified atom stereocenters. The van der Waals surface area contributed by atoms with Crippen LogP contribution in [0.4, 0.5) is 0 Å². The van der Waals surface area contributed by atoms with Gasteiger partial charge in [0.05, 0.1) is 0 Å². The molecule has 4 heteroatoms. The van der Waals surface area contributed by atoms with Crippen LogP contribution < -0.4 is 0 Å². The summed E-state index contributed by atoms with van der Waals surface area (Å²) in [6, 6.07) is 17.3. The molecule has 26 heavy (non-hydrogen) atoms. The van der Waals surface area contributed by atoms with Crippen molar-refractivity contribution < 1.29 is 4.79 Å². The molecule has 1 aliphatic heterocycles. The second-order valence-electron chi connectivity index (χ2n) is 7.24. The Labute approximate surface area is 161 Å². The van der Waals surface area contributed by atoms with Crippen LogP contribution in [-0.2, 0) is 6.54 Å². The number of rotatable bonds is 6. The van der Waals surface area contributed by atoms with E-state index in [0.29, 0.717) is 6.54 Å². The van der Waals surface area contributed by atoms with Crippen LogP contribution in [0.25, 0.3) is 0 Å². The maximum atomic E-state index is 13.0. The fourth-order valence-electron chi connectivity index (χ4n) is 3.37. The number of carbonyl (C=O) groups is 1. The highest BCUT2D eigenvalue weighted by molar-refractivity contribution is 6.30. The van der Waals surface area contributed by atoms with Gasteiger partial charge in [0, 0.05) is 30.2 Å². The van der Waals surface area contributed by atoms with Crippen LogP contribution >= 0.6 is 11.6 Å². The average molecular weight is 371 g/mol. The monoisotopic (exact) mass is 370 g/mol. The van der Waals surface area contributed by atoms with E-state index < -0.39 is 0 Å². The molecule has 3 rings (SSSR count). The van der Waals surface area contributed by atoms with Crippen LogP contribution in [-0.4, -0.2) is 41.9 Å². The Morgan fingerprint density at radius 2 is 1.73 bits per heavy atom. The van der Waals surface area contributed by atoms with E-state index in [2.05, 4.69) is 11.8 Å². The van der Waals surface area contributed by atoms with Gasteiger partial charge in [-0.15, -0.1) is 0 Å². The van der Waals surface area contributed by atoms with Gasteiger partial charge in [0.1, 0.15) is 0 Å². The van der Waals surface area contributed by atoms with Gasteiger partial charge in [0.2, 0.25) is 0 Å². The molecule has 1 saturated heterocycles. The van der Waals surface area contributed by atoms with Gasteiger partial charge < -0.3 is 9.80 Å². The highest BCUT2D eigenvalue weighted by atomic mass is 35.5. The van der Waals surface area contributed by atoms with Gasteiger partial charge in [-0.1, -0.05) is 48.9 Å². The first-order chi connectivity index (χ1) is 12.6. The summed E-state index contributed by atoms with van der Waals surface area (Å²) in [6.07, 6.45) is 2.51. The van der Waals surface area contributed by atoms with Crippen molar-refractivity contribution in [2.24, 2.45) is 5.92 Å². The number of hydrogen-bond donors (Lipinski definition) is 0. The highest BCUT2D eigenvalue weighted by Crippen LogP contribution is 2.17. The lowest BCUT2D eigenvalue weighted by atomic mass is 9.99. The quantitative estimate of drug-likeness (QED) is 0.734. The molecule has 0 saturated carbocycles. The predicted molar refractivity (Wildman–Crippen MR) is 107 cm³/mol. The van der Waals surface area contributed by atoms with Crippen molar-refractivity contribution in [1.82, 2.24) is 9.80 Å². The molecule has 1 fully saturated rings. The molecule has 1 heterocycles. The third-order valence-corrected chi connectivity index (χ3v) is 5.41. The number of amides is 1. The normalized spacial score (nSPS) is 15.8. The van der Waals surface area contributed by atoms with Crippen LogP contribution in [0.1, 0.15) is 35.7 Å². The Hall–Kier alpha value is -1.84. The molecule has 2 aromatic rings. The van der Waals surface area contributed by atoms with Crippen molar-refractivity contribution in [2.45, 2.75) is 26.3 Å². The molecule has 138 valence electrons. The summed E-state index contributed by atoms with van der Waals surface area (Å²) in [5.74, 6) is 0.910. The molecule has 0 radical (unpaired) electrons. The molecule has 2 aromatic carbocycles. The smallest absolute Gasteiger partial charge is 0.254 e. The molecule has 0 N–H and O–H groups in total. The second-order valence-corrected chi connectivity index (χ2v) is 7.68. The van der Waals surface area contributed by atoms with Gasteiger partial charge in [-0.25, -0.2) is 0 Å². The maximum absolute atomic E-state index is 13.0. The van der Waals surface area contributed by atoms with Crippen molar-refractivity contribution in [1.29, 1.82) is 0 Å². The lowest BCUT2D eigenvalue weighted by molar-refractivity contribution is 0.0709. The first kappa shape index (κ1) is 18.9. The van der Waals surface area contributed by atoms with E-state index in [1.807, 2.05) is 59.5 Å². The zero-order valence-electron chi connectivity index (χ0n) is 15.4. The second kappa shape index (κ2) is 9.20. The van der Waals surface area contributed by atoms with Crippen LogP contribution in [0.5, 0.6) is 0 Å². The molecule has 1 amide bonds. The minimum Gasteiger partial charge on any atom is -0.333 e. The number of halogens is 1. The summed E-state index contributed by atoms with van der Waals surface area (Å²) < 4.78 is 0. The SMILES string of the molecule is CC1CCN(CCN(Cc2ccc(Cl)cc2)C(=O)c2ccccc2)CC1. The van der Waals surface area contributed by atoms with E-state index >= 15 is 0 Å². The molecular weight excluding hydrogens is 344 g/mol. The van der Waals surface area contributed by atoms with Gasteiger partial charge in [-0.3, -0.25) is 4.79 Å². The zero-order chi connectivity index (χ0) is 18.4. The molecule has 0 aliphatic carbocycles. The lowest BCUT2D eigenvalue weighted by Gasteiger charge is -2.32. The van der Waals surface area contributed by atoms with Crippen LogP contribution in [0.2, 0.25) is 5.02 Å². The molecule has 3 nitrogen and oxygen atoms in total. The number of likely N-dealkylation sites (tertiary alicyclic amines) is 1. The maximum Gasteiger partial charge on any atom is 0.254 e. The molecule has 0 atom stereocenters. The Balaban J connectivity index is 1.68. The zero-order valence-corrected chi connectivity index (χ0v) is 16.2. The summed E-state index contributed by atoms with van der Waals surface area (Å²) in [6.45, 7) is 6.87. The van der Waals surface area contributed by atoms with Crippen LogP contribution in [0.3, 0.4) is 0 Å². The van der Waals surface area contributed by atoms with Crippen LogP contribution in [0, 0.1) is 5.92 Å². The van der Waals surface area contributed by atoms with Gasteiger partial charge in [-0.05, 0) is 61.7 Å². The number of benzene rings is 2. The predicted octanol–water partition coefficient (Wildman–Crippen LogP) is 4.71. The molecular formula is C22H27ClN2O. The van der Waals surface area contributed by atoms with Crippen molar-refractivity contribution in [2.75, 3.05) is 26.2 Å². The largest absolute Gasteiger partial charge is 0.333 e. The van der Waals surface area contributed by atoms with E-state index in [1.165, 1.54) is 12.8 Å². The first-order valence-electron chi connectivity index (χ1n) is 9.43. The van der Waals surface area contributed by atoms with Gasteiger partial charge in [0.25, 0.3) is 5.91 Å². The highest BCUT2D eigenvalue weighted by Gasteiger charge is 2.20. The van der Waals surface area contributed by atoms with Crippen molar-refractivity contribution in [3.8, 4) is 0 Å². The number of carbonyl (C=O) groups excluding carboxylic acids is 1. The first-order valence-corrected chi connectivity index (χ1v) is 9.81. The number of hydrogen-bond acceptors (Lipinski definition) is 2. The summed E-state index contributed by atoms with van der Waals surface area (Å²) >= 11 is 5.99. The fourth-order valence-corrected chi connectivity index (χ4v) is 3.50. The summed E-state index contributed by atoms with van der Waals surface area (Å²) in [7, 11) is 0. The minimum atomic E-state index is 0.0888. The van der Waals surface area contributed by atoms with Crippen molar-refractivity contribution >= 4 is 17.5 Å². The third kappa shape index (κ3) is 5.33. The van der Waals surface area contributed by atoms with E-state index in [-0.39, 0.29) is 5.91 Å². The summed E-state index contributed by atoms with van der Waals surface area (Å²) in [5, 5.41) is 0.720. The summed E-state index contributed by atoms with van der Waals surface area (Å²) in [5.41, 5.74) is 1.85. The number of piperidine rings is 1. The van der Waals surface area contributed by atoms with Gasteiger partial charge in [0.15, 0.2) is 0 Å². The van der Waals surface area contributed by atoms with E-state index in [9.17, 15) is 4.79 Å². The van der Waals surface area contributed by atoms with E-state index in [1.54, 1.807) is 0 Å². The topological polar surface area (TPSA) is 23.6 Å². The standard InChI is InChI=1S/C22H27ClN2O/c1-18-11-13-24(14-12-18)15-16-25(17-19-7-9-21(23)10-8-19)22(26)20-5-3-2-4-6-20/h2-10,18H,11-17H2,1H3. The Morgan fingerprint density at radius 1 is 1.08 bits per heavy atom. The summed E-state index contributed by atoms with van der Waals surface area (Å²) in [4.78, 5) is 17.5. The Kier molecular flexibility index (Phi) is 6.70. The molecule has 0 spiro atoms. The molecule has 0 bridgehead atoms. The number of nitrogens with zero attached hydrogens (tertiary/aromatic N) is 2. The third-order valence-electron chi connectivity index (χ3n) is 5.16. The lowest BCUT2D eigenvalue weighted by Crippen LogP contribution is -2.41. The van der Waals surface area contributed by atoms with Gasteiger partial charge >= 0.3 is 0 Å². The van der Waals surface area contributed by atoms with E-state index in [0.717, 1.165) is 48.2 Å². The van der Waals surface area contributed by atoms with E-state index in [4.69, 9.17) is 11.6 Å². The fraction of sp³-hybridized carbons (Fsp3) is 0.409. The molecule has 1 aliphatic rings. The Morgan fingerprint density at radius 3 is 2.38 bits per heavy atom. The van der Waals surface area contributed by atoms with Crippen molar-refractivity contribution in [3.05, 3.63) is 70.7 Å².